The Morgan fingerprint density at radius 3 is 1.93 bits per heavy atom. The number of aromatic nitrogens is 3. The van der Waals surface area contributed by atoms with E-state index in [1.807, 2.05) is 0 Å². The van der Waals surface area contributed by atoms with E-state index in [1.165, 1.54) is 12.1 Å². The second-order valence-electron chi connectivity index (χ2n) is 5.40. The summed E-state index contributed by atoms with van der Waals surface area (Å²) >= 11 is 0. The van der Waals surface area contributed by atoms with E-state index in [0.717, 1.165) is 5.95 Å². The molecular formula is C9H18N4Si2. The first kappa shape index (κ1) is 10.8. The molecule has 0 spiro atoms. The second-order valence-corrected chi connectivity index (χ2v) is 15.0. The van der Waals surface area contributed by atoms with E-state index in [0.29, 0.717) is 0 Å². The molecule has 0 unspecified atom stereocenters. The molecule has 4 nitrogen and oxygen atoms in total. The zero-order valence-corrected chi connectivity index (χ0v) is 11.9. The van der Waals surface area contributed by atoms with E-state index in [9.17, 15) is 0 Å². The van der Waals surface area contributed by atoms with Crippen molar-refractivity contribution >= 4 is 22.4 Å². The van der Waals surface area contributed by atoms with Gasteiger partial charge in [-0.3, -0.25) is 0 Å². The van der Waals surface area contributed by atoms with Crippen molar-refractivity contribution in [3.05, 3.63) is 12.7 Å². The molecule has 82 valence electrons. The molecule has 2 rings (SSSR count). The van der Waals surface area contributed by atoms with Crippen LogP contribution < -0.4 is 4.23 Å². The van der Waals surface area contributed by atoms with Crippen LogP contribution in [0.2, 0.25) is 38.3 Å². The average Bonchev–Trinajstić information content (AvgIpc) is 2.37. The lowest BCUT2D eigenvalue weighted by Gasteiger charge is -2.38. The van der Waals surface area contributed by atoms with Crippen LogP contribution in [0.15, 0.2) is 12.7 Å². The summed E-state index contributed by atoms with van der Waals surface area (Å²) in [5.74, 6) is 0.913. The fourth-order valence-electron chi connectivity index (χ4n) is 2.54. The Morgan fingerprint density at radius 1 is 1.00 bits per heavy atom. The third-order valence-electron chi connectivity index (χ3n) is 3.24. The van der Waals surface area contributed by atoms with Crippen LogP contribution in [0.25, 0.3) is 0 Å². The molecule has 0 atom stereocenters. The molecule has 0 bridgehead atoms. The van der Waals surface area contributed by atoms with Gasteiger partial charge in [0, 0.05) is 0 Å². The van der Waals surface area contributed by atoms with Crippen molar-refractivity contribution in [2.24, 2.45) is 0 Å². The maximum atomic E-state index is 4.33. The standard InChI is InChI=1S/C9H18N4Si2/c1-14(2)5-6-15(3,4)13(14)9-11-7-10-8-12-9/h7-8H,5-6H2,1-4H3. The normalized spacial score (nSPS) is 23.1. The monoisotopic (exact) mass is 238 g/mol. The van der Waals surface area contributed by atoms with Crippen molar-refractivity contribution in [3.63, 3.8) is 0 Å². The van der Waals surface area contributed by atoms with E-state index in [4.69, 9.17) is 0 Å². The summed E-state index contributed by atoms with van der Waals surface area (Å²) in [6, 6.07) is 2.75. The zero-order valence-electron chi connectivity index (χ0n) is 9.86. The Morgan fingerprint density at radius 2 is 1.47 bits per heavy atom. The fraction of sp³-hybridized carbons (Fsp3) is 0.667. The van der Waals surface area contributed by atoms with E-state index < -0.39 is 16.5 Å². The summed E-state index contributed by atoms with van der Waals surface area (Å²) in [6.07, 6.45) is 3.21. The predicted octanol–water partition coefficient (Wildman–Crippen LogP) is 2.10. The molecule has 1 aromatic heterocycles. The first-order chi connectivity index (χ1) is 6.93. The number of rotatable bonds is 1. The summed E-state index contributed by atoms with van der Waals surface area (Å²) in [5.41, 5.74) is 0. The molecule has 2 heterocycles. The first-order valence-electron chi connectivity index (χ1n) is 5.36. The molecule has 1 fully saturated rings. The Bertz CT molecular complexity index is 336. The van der Waals surface area contributed by atoms with Gasteiger partial charge in [0.25, 0.3) is 0 Å². The van der Waals surface area contributed by atoms with Crippen molar-refractivity contribution in [2.45, 2.75) is 38.3 Å². The molecule has 1 aliphatic rings. The van der Waals surface area contributed by atoms with Crippen LogP contribution in [0.1, 0.15) is 0 Å². The number of hydrogen-bond acceptors (Lipinski definition) is 4. The van der Waals surface area contributed by atoms with Gasteiger partial charge in [0.2, 0.25) is 5.95 Å². The van der Waals surface area contributed by atoms with Gasteiger partial charge in [-0.1, -0.05) is 26.2 Å². The molecular weight excluding hydrogens is 220 g/mol. The van der Waals surface area contributed by atoms with Gasteiger partial charge in [0.15, 0.2) is 0 Å². The fourth-order valence-corrected chi connectivity index (χ4v) is 16.4. The van der Waals surface area contributed by atoms with Crippen LogP contribution in [0.5, 0.6) is 0 Å². The summed E-state index contributed by atoms with van der Waals surface area (Å²) < 4.78 is 2.58. The molecule has 15 heavy (non-hydrogen) atoms. The van der Waals surface area contributed by atoms with Crippen molar-refractivity contribution < 1.29 is 0 Å². The van der Waals surface area contributed by atoms with Crippen LogP contribution in [0.3, 0.4) is 0 Å². The van der Waals surface area contributed by atoms with Gasteiger partial charge in [-0.05, 0) is 12.1 Å². The Labute approximate surface area is 93.0 Å². The molecule has 0 radical (unpaired) electrons. The van der Waals surface area contributed by atoms with Gasteiger partial charge in [-0.2, -0.15) is 0 Å². The lowest BCUT2D eigenvalue weighted by atomic mass is 10.9. The predicted molar refractivity (Wildman–Crippen MR) is 66.9 cm³/mol. The summed E-state index contributed by atoms with van der Waals surface area (Å²) in [4.78, 5) is 12.5. The second kappa shape index (κ2) is 3.38. The van der Waals surface area contributed by atoms with E-state index in [1.54, 1.807) is 12.7 Å². The molecule has 0 saturated carbocycles. The van der Waals surface area contributed by atoms with Crippen molar-refractivity contribution in [3.8, 4) is 0 Å². The van der Waals surface area contributed by atoms with Gasteiger partial charge in [-0.15, -0.1) is 0 Å². The third-order valence-corrected chi connectivity index (χ3v) is 13.1. The van der Waals surface area contributed by atoms with Crippen LogP contribution in [-0.4, -0.2) is 31.4 Å². The van der Waals surface area contributed by atoms with Gasteiger partial charge in [0.1, 0.15) is 29.1 Å². The Kier molecular flexibility index (Phi) is 2.42. The highest BCUT2D eigenvalue weighted by atomic mass is 28.4. The Hall–Kier alpha value is -0.756. The van der Waals surface area contributed by atoms with Crippen LogP contribution >= 0.6 is 0 Å². The van der Waals surface area contributed by atoms with Gasteiger partial charge in [0.05, 0.1) is 0 Å². The summed E-state index contributed by atoms with van der Waals surface area (Å²) in [7, 11) is -2.61. The molecule has 6 heteroatoms. The highest BCUT2D eigenvalue weighted by molar-refractivity contribution is 7.04. The summed E-state index contributed by atoms with van der Waals surface area (Å²) in [6.45, 7) is 9.66. The van der Waals surface area contributed by atoms with Gasteiger partial charge >= 0.3 is 0 Å². The molecule has 0 aromatic carbocycles. The lowest BCUT2D eigenvalue weighted by molar-refractivity contribution is 1.03. The highest BCUT2D eigenvalue weighted by Crippen LogP contribution is 2.38. The minimum absolute atomic E-state index is 0.913. The topological polar surface area (TPSA) is 41.9 Å². The smallest absolute Gasteiger partial charge is 0.211 e. The molecule has 0 aliphatic carbocycles. The van der Waals surface area contributed by atoms with Gasteiger partial charge < -0.3 is 4.23 Å². The van der Waals surface area contributed by atoms with Crippen LogP contribution in [0, 0.1) is 0 Å². The number of nitrogens with zero attached hydrogens (tertiary/aromatic N) is 4. The Balaban J connectivity index is 2.42. The van der Waals surface area contributed by atoms with Gasteiger partial charge in [-0.25, -0.2) is 15.0 Å². The maximum Gasteiger partial charge on any atom is 0.211 e. The van der Waals surface area contributed by atoms with E-state index >= 15 is 0 Å². The van der Waals surface area contributed by atoms with E-state index in [2.05, 4.69) is 45.4 Å². The third kappa shape index (κ3) is 1.83. The largest absolute Gasteiger partial charge is 0.394 e. The quantitative estimate of drug-likeness (QED) is 0.703. The van der Waals surface area contributed by atoms with Crippen LogP contribution in [-0.2, 0) is 0 Å². The van der Waals surface area contributed by atoms with E-state index in [-0.39, 0.29) is 0 Å². The summed E-state index contributed by atoms with van der Waals surface area (Å²) in [5, 5.41) is 0. The molecule has 1 aromatic rings. The van der Waals surface area contributed by atoms with Crippen LogP contribution in [0.4, 0.5) is 5.95 Å². The molecule has 1 saturated heterocycles. The lowest BCUT2D eigenvalue weighted by Crippen LogP contribution is -2.56. The van der Waals surface area contributed by atoms with Crippen molar-refractivity contribution in [1.29, 1.82) is 0 Å². The molecule has 0 N–H and O–H groups in total. The highest BCUT2D eigenvalue weighted by Gasteiger charge is 2.48. The average molecular weight is 238 g/mol. The SMILES string of the molecule is C[Si]1(C)CC[Si](C)(C)N1c1ncncn1. The maximum absolute atomic E-state index is 4.33. The minimum Gasteiger partial charge on any atom is -0.394 e. The first-order valence-corrected chi connectivity index (χ1v) is 11.7. The van der Waals surface area contributed by atoms with Crippen molar-refractivity contribution in [1.82, 2.24) is 15.0 Å². The number of anilines is 1. The molecule has 1 aliphatic heterocycles. The number of hydrogen-bond donors (Lipinski definition) is 0. The zero-order chi connectivity index (χ0) is 11.1. The van der Waals surface area contributed by atoms with Crippen molar-refractivity contribution in [2.75, 3.05) is 4.23 Å². The molecule has 0 amide bonds. The minimum atomic E-state index is -1.30.